The predicted molar refractivity (Wildman–Crippen MR) is 144 cm³/mol. The average molecular weight is 497 g/mol. The fourth-order valence-corrected chi connectivity index (χ4v) is 4.35. The molecule has 4 aromatic carbocycles. The molecular formula is C32H32O5. The Morgan fingerprint density at radius 1 is 0.622 bits per heavy atom. The van der Waals surface area contributed by atoms with Gasteiger partial charge in [-0.25, -0.2) is 0 Å². The van der Waals surface area contributed by atoms with Crippen molar-refractivity contribution in [2.45, 2.75) is 26.1 Å². The number of hydrogen-bond acceptors (Lipinski definition) is 4. The van der Waals surface area contributed by atoms with Crippen molar-refractivity contribution >= 4 is 5.97 Å². The van der Waals surface area contributed by atoms with Gasteiger partial charge in [-0.3, -0.25) is 4.79 Å². The lowest BCUT2D eigenvalue weighted by molar-refractivity contribution is -0.144. The Balaban J connectivity index is 1.40. The number of ether oxygens (including phenoxy) is 2. The summed E-state index contributed by atoms with van der Waals surface area (Å²) in [4.78, 5) is 12.2. The Labute approximate surface area is 217 Å². The summed E-state index contributed by atoms with van der Waals surface area (Å²) in [5.74, 6) is -0.715. The number of carboxylic acid groups (broad SMARTS) is 1. The number of aliphatic hydroxyl groups is 1. The van der Waals surface area contributed by atoms with Gasteiger partial charge < -0.3 is 19.7 Å². The highest BCUT2D eigenvalue weighted by Gasteiger charge is 2.28. The van der Waals surface area contributed by atoms with Gasteiger partial charge in [0.2, 0.25) is 0 Å². The molecule has 0 saturated carbocycles. The van der Waals surface area contributed by atoms with Crippen molar-refractivity contribution in [1.29, 1.82) is 0 Å². The summed E-state index contributed by atoms with van der Waals surface area (Å²) >= 11 is 0. The van der Waals surface area contributed by atoms with E-state index in [0.717, 1.165) is 22.3 Å². The molecule has 0 bridgehead atoms. The number of rotatable bonds is 13. The van der Waals surface area contributed by atoms with Gasteiger partial charge in [-0.2, -0.15) is 0 Å². The topological polar surface area (TPSA) is 76.0 Å². The van der Waals surface area contributed by atoms with E-state index in [-0.39, 0.29) is 6.61 Å². The second kappa shape index (κ2) is 13.3. The van der Waals surface area contributed by atoms with Crippen LogP contribution in [0.25, 0.3) is 0 Å². The van der Waals surface area contributed by atoms with Crippen LogP contribution in [0, 0.1) is 11.8 Å². The van der Waals surface area contributed by atoms with Crippen molar-refractivity contribution in [3.05, 3.63) is 131 Å². The molecule has 0 spiro atoms. The van der Waals surface area contributed by atoms with Crippen molar-refractivity contribution < 1.29 is 24.5 Å². The Hall–Kier alpha value is -4.09. The third kappa shape index (κ3) is 7.95. The van der Waals surface area contributed by atoms with Gasteiger partial charge in [0.1, 0.15) is 24.7 Å². The summed E-state index contributed by atoms with van der Waals surface area (Å²) < 4.78 is 11.8. The molecule has 0 unspecified atom stereocenters. The van der Waals surface area contributed by atoms with E-state index >= 15 is 0 Å². The number of benzene rings is 4. The molecule has 190 valence electrons. The van der Waals surface area contributed by atoms with Crippen LogP contribution in [0.15, 0.2) is 109 Å². The fraction of sp³-hybridized carbons (Fsp3) is 0.219. The normalized spacial score (nSPS) is 12.5. The maximum Gasteiger partial charge on any atom is 0.307 e. The number of aliphatic carboxylic acids is 1. The average Bonchev–Trinajstić information content (AvgIpc) is 2.94. The maximum absolute atomic E-state index is 12.2. The molecule has 0 aromatic heterocycles. The predicted octanol–water partition coefficient (Wildman–Crippen LogP) is 5.94. The van der Waals surface area contributed by atoms with Crippen molar-refractivity contribution in [2.24, 2.45) is 11.8 Å². The zero-order valence-electron chi connectivity index (χ0n) is 20.7. The molecule has 0 heterocycles. The van der Waals surface area contributed by atoms with Gasteiger partial charge in [0.25, 0.3) is 0 Å². The molecule has 0 aliphatic carbocycles. The highest BCUT2D eigenvalue weighted by molar-refractivity contribution is 5.71. The zero-order chi connectivity index (χ0) is 25.9. The van der Waals surface area contributed by atoms with Crippen molar-refractivity contribution in [2.75, 3.05) is 6.61 Å². The van der Waals surface area contributed by atoms with E-state index in [1.54, 1.807) is 0 Å². The molecule has 2 atom stereocenters. The minimum atomic E-state index is -0.925. The first-order valence-corrected chi connectivity index (χ1v) is 12.5. The third-order valence-electron chi connectivity index (χ3n) is 6.37. The minimum Gasteiger partial charge on any atom is -0.489 e. The molecule has 0 radical (unpaired) electrons. The van der Waals surface area contributed by atoms with Crippen LogP contribution < -0.4 is 9.47 Å². The second-order valence-electron chi connectivity index (χ2n) is 9.14. The molecule has 5 heteroatoms. The standard InChI is InChI=1S/C32H32O5/c33-21-28(17-26-13-7-15-29(18-26)36-22-24-9-3-1-4-10-24)31(32(34)35)20-27-14-8-16-30(19-27)37-23-25-11-5-2-6-12-25/h1-16,18-19,28,31,33H,17,20-23H2,(H,34,35)/t28-,31+/m0/s1. The highest BCUT2D eigenvalue weighted by atomic mass is 16.5. The first-order valence-electron chi connectivity index (χ1n) is 12.5. The SMILES string of the molecule is O=C(O)[C@H](Cc1cccc(OCc2ccccc2)c1)[C@H](CO)Cc1cccc(OCc2ccccc2)c1. The number of aliphatic hydroxyl groups excluding tert-OH is 1. The summed E-state index contributed by atoms with van der Waals surface area (Å²) in [5, 5.41) is 20.2. The summed E-state index contributed by atoms with van der Waals surface area (Å²) in [5.41, 5.74) is 3.92. The van der Waals surface area contributed by atoms with Crippen LogP contribution in [-0.2, 0) is 30.8 Å². The monoisotopic (exact) mass is 496 g/mol. The van der Waals surface area contributed by atoms with Crippen LogP contribution in [-0.4, -0.2) is 22.8 Å². The van der Waals surface area contributed by atoms with Gasteiger partial charge in [0, 0.05) is 6.61 Å². The lowest BCUT2D eigenvalue weighted by Crippen LogP contribution is -2.30. The molecule has 0 amide bonds. The third-order valence-corrected chi connectivity index (χ3v) is 6.37. The van der Waals surface area contributed by atoms with Crippen LogP contribution >= 0.6 is 0 Å². The number of hydrogen-bond donors (Lipinski definition) is 2. The van der Waals surface area contributed by atoms with Gasteiger partial charge in [-0.15, -0.1) is 0 Å². The second-order valence-corrected chi connectivity index (χ2v) is 9.14. The molecule has 5 nitrogen and oxygen atoms in total. The Morgan fingerprint density at radius 2 is 1.08 bits per heavy atom. The molecule has 0 fully saturated rings. The first-order chi connectivity index (χ1) is 18.1. The van der Waals surface area contributed by atoms with E-state index in [2.05, 4.69) is 0 Å². The lowest BCUT2D eigenvalue weighted by Gasteiger charge is -2.23. The molecular weight excluding hydrogens is 464 g/mol. The number of carboxylic acids is 1. The molecule has 4 aromatic rings. The Morgan fingerprint density at radius 3 is 1.54 bits per heavy atom. The summed E-state index contributed by atoms with van der Waals surface area (Å²) in [6.07, 6.45) is 0.730. The van der Waals surface area contributed by atoms with Crippen molar-refractivity contribution in [3.63, 3.8) is 0 Å². The van der Waals surface area contributed by atoms with Crippen LogP contribution in [0.1, 0.15) is 22.3 Å². The summed E-state index contributed by atoms with van der Waals surface area (Å²) in [6.45, 7) is 0.666. The molecule has 37 heavy (non-hydrogen) atoms. The Bertz CT molecular complexity index is 1260. The van der Waals surface area contributed by atoms with E-state index in [0.29, 0.717) is 37.6 Å². The molecule has 0 aliphatic rings. The molecule has 0 saturated heterocycles. The lowest BCUT2D eigenvalue weighted by atomic mass is 9.83. The zero-order valence-corrected chi connectivity index (χ0v) is 20.7. The molecule has 0 aliphatic heterocycles. The summed E-state index contributed by atoms with van der Waals surface area (Å²) in [7, 11) is 0. The van der Waals surface area contributed by atoms with Crippen molar-refractivity contribution in [1.82, 2.24) is 0 Å². The van der Waals surface area contributed by atoms with Crippen LogP contribution in [0.2, 0.25) is 0 Å². The van der Waals surface area contributed by atoms with Gasteiger partial charge in [-0.05, 0) is 65.3 Å². The Kier molecular flexibility index (Phi) is 9.33. The number of carbonyl (C=O) groups is 1. The van der Waals surface area contributed by atoms with E-state index < -0.39 is 17.8 Å². The first kappa shape index (κ1) is 26.0. The quantitative estimate of drug-likeness (QED) is 0.240. The fourth-order valence-electron chi connectivity index (χ4n) is 4.35. The van der Waals surface area contributed by atoms with E-state index in [1.165, 1.54) is 0 Å². The molecule has 4 rings (SSSR count). The van der Waals surface area contributed by atoms with Crippen LogP contribution in [0.3, 0.4) is 0 Å². The van der Waals surface area contributed by atoms with Gasteiger partial charge in [0.15, 0.2) is 0 Å². The van der Waals surface area contributed by atoms with Crippen molar-refractivity contribution in [3.8, 4) is 11.5 Å². The van der Waals surface area contributed by atoms with E-state index in [1.807, 2.05) is 109 Å². The smallest absolute Gasteiger partial charge is 0.307 e. The van der Waals surface area contributed by atoms with Crippen LogP contribution in [0.5, 0.6) is 11.5 Å². The minimum absolute atomic E-state index is 0.226. The van der Waals surface area contributed by atoms with Gasteiger partial charge >= 0.3 is 5.97 Å². The van der Waals surface area contributed by atoms with Crippen LogP contribution in [0.4, 0.5) is 0 Å². The van der Waals surface area contributed by atoms with E-state index in [9.17, 15) is 15.0 Å². The maximum atomic E-state index is 12.2. The molecule has 2 N–H and O–H groups in total. The van der Waals surface area contributed by atoms with Gasteiger partial charge in [-0.1, -0.05) is 84.9 Å². The van der Waals surface area contributed by atoms with Gasteiger partial charge in [0.05, 0.1) is 5.92 Å². The largest absolute Gasteiger partial charge is 0.489 e. The highest BCUT2D eigenvalue weighted by Crippen LogP contribution is 2.26. The summed E-state index contributed by atoms with van der Waals surface area (Å²) in [6, 6.07) is 35.0. The van der Waals surface area contributed by atoms with E-state index in [4.69, 9.17) is 9.47 Å².